The van der Waals surface area contributed by atoms with Crippen molar-refractivity contribution in [1.82, 2.24) is 15.1 Å². The number of amides is 1. The van der Waals surface area contributed by atoms with E-state index in [1.165, 1.54) is 12.1 Å². The van der Waals surface area contributed by atoms with Gasteiger partial charge in [0.25, 0.3) is 0 Å². The zero-order valence-corrected chi connectivity index (χ0v) is 17.8. The van der Waals surface area contributed by atoms with Gasteiger partial charge in [-0.25, -0.2) is 4.79 Å². The lowest BCUT2D eigenvalue weighted by Gasteiger charge is -2.44. The Morgan fingerprint density at radius 3 is 2.50 bits per heavy atom. The van der Waals surface area contributed by atoms with Gasteiger partial charge in [-0.3, -0.25) is 4.90 Å². The first-order chi connectivity index (χ1) is 14.3. The van der Waals surface area contributed by atoms with E-state index in [0.29, 0.717) is 44.1 Å². The topological polar surface area (TPSA) is 44.8 Å². The van der Waals surface area contributed by atoms with Gasteiger partial charge in [-0.05, 0) is 57.7 Å². The van der Waals surface area contributed by atoms with Gasteiger partial charge in [0.05, 0.1) is 12.2 Å². The summed E-state index contributed by atoms with van der Waals surface area (Å²) in [6.07, 6.45) is -0.791. The van der Waals surface area contributed by atoms with Crippen molar-refractivity contribution in [2.45, 2.75) is 56.8 Å². The van der Waals surface area contributed by atoms with Crippen LogP contribution in [-0.4, -0.2) is 61.8 Å². The molecule has 168 valence electrons. The van der Waals surface area contributed by atoms with Gasteiger partial charge in [0.1, 0.15) is 0 Å². The Hall–Kier alpha value is -1.80. The number of halogens is 3. The third kappa shape index (κ3) is 4.91. The number of carbonyl (C=O) groups excluding carboxylic acids is 1. The van der Waals surface area contributed by atoms with Gasteiger partial charge < -0.3 is 15.0 Å². The molecule has 0 spiro atoms. The smallest absolute Gasteiger partial charge is 0.416 e. The zero-order valence-electron chi connectivity index (χ0n) is 17.8. The van der Waals surface area contributed by atoms with Crippen molar-refractivity contribution in [2.75, 3.05) is 39.8 Å². The molecule has 1 saturated heterocycles. The van der Waals surface area contributed by atoms with E-state index in [4.69, 9.17) is 4.74 Å². The van der Waals surface area contributed by atoms with Crippen LogP contribution in [0.25, 0.3) is 0 Å². The Balaban J connectivity index is 1.67. The molecule has 1 N–H and O–H groups in total. The van der Waals surface area contributed by atoms with E-state index in [1.807, 2.05) is 0 Å². The number of hydrogen-bond donors (Lipinski definition) is 1. The highest BCUT2D eigenvalue weighted by atomic mass is 19.4. The number of hydrogen-bond acceptors (Lipinski definition) is 4. The van der Waals surface area contributed by atoms with E-state index in [0.717, 1.165) is 32.4 Å². The van der Waals surface area contributed by atoms with Crippen LogP contribution in [0, 0.1) is 0 Å². The molecule has 0 aromatic heterocycles. The number of carbonyl (C=O) groups is 1. The highest BCUT2D eigenvalue weighted by Gasteiger charge is 2.43. The molecule has 30 heavy (non-hydrogen) atoms. The van der Waals surface area contributed by atoms with Crippen LogP contribution in [0.4, 0.5) is 18.0 Å². The predicted molar refractivity (Wildman–Crippen MR) is 109 cm³/mol. The second kappa shape index (κ2) is 9.56. The fourth-order valence-corrected chi connectivity index (χ4v) is 4.96. The number of alkyl halides is 3. The molecule has 1 aliphatic heterocycles. The van der Waals surface area contributed by atoms with Crippen molar-refractivity contribution in [3.63, 3.8) is 0 Å². The van der Waals surface area contributed by atoms with Crippen molar-refractivity contribution >= 4 is 6.09 Å². The maximum absolute atomic E-state index is 13.6. The van der Waals surface area contributed by atoms with E-state index in [-0.39, 0.29) is 6.09 Å². The molecular formula is C22H32F3N3O2. The van der Waals surface area contributed by atoms with Gasteiger partial charge in [-0.2, -0.15) is 13.2 Å². The number of nitrogens with one attached hydrogen (secondary N) is 1. The predicted octanol–water partition coefficient (Wildman–Crippen LogP) is 4.23. The van der Waals surface area contributed by atoms with Crippen molar-refractivity contribution in [2.24, 2.45) is 0 Å². The summed E-state index contributed by atoms with van der Waals surface area (Å²) in [4.78, 5) is 16.2. The molecule has 1 aromatic carbocycles. The van der Waals surface area contributed by atoms with Gasteiger partial charge in [0.15, 0.2) is 0 Å². The van der Waals surface area contributed by atoms with Crippen molar-refractivity contribution in [3.05, 3.63) is 35.4 Å². The first kappa shape index (κ1) is 22.9. The number of nitrogens with zero attached hydrogens (tertiary/aromatic N) is 2. The Kier molecular flexibility index (Phi) is 7.29. The van der Waals surface area contributed by atoms with Crippen LogP contribution in [-0.2, 0) is 16.5 Å². The Bertz CT molecular complexity index is 718. The molecule has 2 aliphatic rings. The summed E-state index contributed by atoms with van der Waals surface area (Å²) in [5.41, 5.74) is -0.855. The summed E-state index contributed by atoms with van der Waals surface area (Å²) in [5.74, 6) is 0. The van der Waals surface area contributed by atoms with Gasteiger partial charge in [-0.1, -0.05) is 18.2 Å². The molecule has 1 heterocycles. The van der Waals surface area contributed by atoms with E-state index in [9.17, 15) is 18.0 Å². The molecule has 5 nitrogen and oxygen atoms in total. The molecule has 1 aromatic rings. The van der Waals surface area contributed by atoms with Crippen LogP contribution >= 0.6 is 0 Å². The molecule has 0 unspecified atom stereocenters. The lowest BCUT2D eigenvalue weighted by molar-refractivity contribution is -0.139. The maximum Gasteiger partial charge on any atom is 0.416 e. The van der Waals surface area contributed by atoms with Crippen molar-refractivity contribution in [1.29, 1.82) is 0 Å². The van der Waals surface area contributed by atoms with Crippen LogP contribution in [0.1, 0.15) is 50.2 Å². The monoisotopic (exact) mass is 427 g/mol. The number of rotatable bonds is 4. The average molecular weight is 428 g/mol. The van der Waals surface area contributed by atoms with E-state index >= 15 is 0 Å². The van der Waals surface area contributed by atoms with Gasteiger partial charge in [0.2, 0.25) is 0 Å². The lowest BCUT2D eigenvalue weighted by atomic mass is 9.73. The molecular weight excluding hydrogens is 395 g/mol. The Morgan fingerprint density at radius 1 is 1.17 bits per heavy atom. The largest absolute Gasteiger partial charge is 0.450 e. The van der Waals surface area contributed by atoms with Gasteiger partial charge >= 0.3 is 12.3 Å². The summed E-state index contributed by atoms with van der Waals surface area (Å²) >= 11 is 0. The van der Waals surface area contributed by atoms with Crippen LogP contribution in [0.3, 0.4) is 0 Å². The fraction of sp³-hybridized carbons (Fsp3) is 0.682. The normalized spacial score (nSPS) is 26.3. The summed E-state index contributed by atoms with van der Waals surface area (Å²) in [7, 11) is 1.76. The average Bonchev–Trinajstić information content (AvgIpc) is 3.00. The van der Waals surface area contributed by atoms with Crippen LogP contribution in [0.15, 0.2) is 24.3 Å². The third-order valence-electron chi connectivity index (χ3n) is 6.61. The van der Waals surface area contributed by atoms with Crippen LogP contribution in [0.2, 0.25) is 0 Å². The lowest BCUT2D eigenvalue weighted by Crippen LogP contribution is -2.49. The summed E-state index contributed by atoms with van der Waals surface area (Å²) in [6.45, 7) is 5.15. The molecule has 3 rings (SSSR count). The number of benzene rings is 1. The first-order valence-corrected chi connectivity index (χ1v) is 10.8. The summed E-state index contributed by atoms with van der Waals surface area (Å²) < 4.78 is 45.9. The highest BCUT2D eigenvalue weighted by molar-refractivity contribution is 5.67. The van der Waals surface area contributed by atoms with E-state index in [2.05, 4.69) is 10.2 Å². The molecule has 1 saturated carbocycles. The van der Waals surface area contributed by atoms with Gasteiger partial charge in [0, 0.05) is 37.8 Å². The van der Waals surface area contributed by atoms with E-state index in [1.54, 1.807) is 31.0 Å². The molecule has 0 atom stereocenters. The summed E-state index contributed by atoms with van der Waals surface area (Å²) in [5, 5.41) is 3.23. The third-order valence-corrected chi connectivity index (χ3v) is 6.61. The van der Waals surface area contributed by atoms with Crippen molar-refractivity contribution in [3.8, 4) is 0 Å². The first-order valence-electron chi connectivity index (χ1n) is 10.8. The second-order valence-corrected chi connectivity index (χ2v) is 8.18. The minimum Gasteiger partial charge on any atom is -0.450 e. The summed E-state index contributed by atoms with van der Waals surface area (Å²) in [6, 6.07) is 6.26. The molecule has 0 bridgehead atoms. The molecule has 8 heteroatoms. The van der Waals surface area contributed by atoms with Crippen LogP contribution < -0.4 is 5.32 Å². The van der Waals surface area contributed by atoms with Crippen molar-refractivity contribution < 1.29 is 22.7 Å². The van der Waals surface area contributed by atoms with E-state index < -0.39 is 17.3 Å². The molecule has 0 radical (unpaired) electrons. The highest BCUT2D eigenvalue weighted by Crippen LogP contribution is 2.44. The quantitative estimate of drug-likeness (QED) is 0.781. The number of ether oxygens (including phenoxy) is 1. The second-order valence-electron chi connectivity index (χ2n) is 8.18. The maximum atomic E-state index is 13.6. The zero-order chi connectivity index (χ0) is 21.8. The fourth-order valence-electron chi connectivity index (χ4n) is 4.96. The Morgan fingerprint density at radius 2 is 1.87 bits per heavy atom. The SMILES string of the molecule is CCOC(=O)N1CCCN(C2CCC(NC)(c3ccccc3C(F)(F)F)CC2)CC1. The molecule has 1 aliphatic carbocycles. The Labute approximate surface area is 176 Å². The standard InChI is InChI=1S/C22H32F3N3O2/c1-3-30-20(29)28-14-6-13-27(15-16-28)17-9-11-21(26-2,12-10-17)18-7-4-5-8-19(18)22(23,24)25/h4-5,7-8,17,26H,3,6,9-16H2,1-2H3. The molecule has 1 amide bonds. The van der Waals surface area contributed by atoms with Crippen LogP contribution in [0.5, 0.6) is 0 Å². The van der Waals surface area contributed by atoms with Gasteiger partial charge in [-0.15, -0.1) is 0 Å². The molecule has 2 fully saturated rings. The minimum absolute atomic E-state index is 0.263. The minimum atomic E-state index is -4.36.